The fraction of sp³-hybridized carbons (Fsp3) is 0.591. The number of amidine groups is 2. The first kappa shape index (κ1) is 20.8. The molecule has 1 aromatic carbocycles. The van der Waals surface area contributed by atoms with E-state index < -0.39 is 6.04 Å². The van der Waals surface area contributed by atoms with Gasteiger partial charge in [0.2, 0.25) is 5.91 Å². The number of hydrogen-bond acceptors (Lipinski definition) is 7. The molecule has 1 aromatic rings. The quantitative estimate of drug-likeness (QED) is 0.555. The van der Waals surface area contributed by atoms with Crippen LogP contribution in [-0.4, -0.2) is 65.9 Å². The molecule has 0 spiro atoms. The minimum Gasteiger partial charge on any atom is -0.385 e. The number of nitrogens with zero attached hydrogens (tertiary/aromatic N) is 4. The van der Waals surface area contributed by atoms with Crippen molar-refractivity contribution < 1.29 is 4.79 Å². The topological polar surface area (TPSA) is 98.3 Å². The predicted molar refractivity (Wildman–Crippen MR) is 119 cm³/mol. The lowest BCUT2D eigenvalue weighted by atomic mass is 10.1. The Hall–Kier alpha value is -2.45. The van der Waals surface area contributed by atoms with Crippen molar-refractivity contribution >= 4 is 17.6 Å². The fourth-order valence-electron chi connectivity index (χ4n) is 4.25. The average molecular weight is 412 g/mol. The number of unbranched alkanes of at least 4 members (excludes halogenated alkanes) is 1. The summed E-state index contributed by atoms with van der Waals surface area (Å²) in [5, 5.41) is 6.25. The number of carbonyl (C=O) groups is 1. The van der Waals surface area contributed by atoms with Crippen molar-refractivity contribution in [3.8, 4) is 0 Å². The number of hydrogen-bond donors (Lipinski definition) is 3. The molecule has 4 N–H and O–H groups in total. The minimum absolute atomic E-state index is 0.0554. The van der Waals surface area contributed by atoms with Crippen molar-refractivity contribution in [2.75, 3.05) is 26.2 Å². The zero-order valence-electron chi connectivity index (χ0n) is 17.8. The molecule has 4 rings (SSSR count). The number of nitrogens with two attached hydrogens (primary N) is 1. The number of likely N-dealkylation sites (tertiary alicyclic amines) is 1. The Balaban J connectivity index is 1.44. The van der Waals surface area contributed by atoms with Crippen molar-refractivity contribution in [2.45, 2.75) is 58.0 Å². The van der Waals surface area contributed by atoms with Crippen LogP contribution in [0.5, 0.6) is 0 Å². The van der Waals surface area contributed by atoms with E-state index in [4.69, 9.17) is 10.7 Å². The minimum atomic E-state index is -0.440. The van der Waals surface area contributed by atoms with Gasteiger partial charge in [0.15, 0.2) is 6.29 Å². The van der Waals surface area contributed by atoms with Gasteiger partial charge in [0.25, 0.3) is 0 Å². The molecule has 0 radical (unpaired) electrons. The van der Waals surface area contributed by atoms with Gasteiger partial charge in [-0.25, -0.2) is 9.98 Å². The van der Waals surface area contributed by atoms with Gasteiger partial charge >= 0.3 is 0 Å². The molecule has 2 unspecified atom stereocenters. The molecule has 8 heteroatoms. The van der Waals surface area contributed by atoms with E-state index in [-0.39, 0.29) is 18.7 Å². The van der Waals surface area contributed by atoms with E-state index in [1.54, 1.807) is 0 Å². The third-order valence-corrected chi connectivity index (χ3v) is 5.90. The lowest BCUT2D eigenvalue weighted by Crippen LogP contribution is -2.64. The normalized spacial score (nSPS) is 24.3. The number of rotatable bonds is 8. The summed E-state index contributed by atoms with van der Waals surface area (Å²) in [7, 11) is 0. The summed E-state index contributed by atoms with van der Waals surface area (Å²) >= 11 is 0. The average Bonchev–Trinajstić information content (AvgIpc) is 3.24. The summed E-state index contributed by atoms with van der Waals surface area (Å²) in [6.07, 6.45) is 4.39. The van der Waals surface area contributed by atoms with Crippen molar-refractivity contribution in [1.82, 2.24) is 20.4 Å². The van der Waals surface area contributed by atoms with Gasteiger partial charge in [0, 0.05) is 13.1 Å². The molecule has 3 aliphatic rings. The van der Waals surface area contributed by atoms with E-state index in [1.807, 2.05) is 4.90 Å². The number of benzene rings is 1. The van der Waals surface area contributed by atoms with E-state index in [0.29, 0.717) is 12.4 Å². The van der Waals surface area contributed by atoms with Gasteiger partial charge in [0.1, 0.15) is 17.7 Å². The monoisotopic (exact) mass is 411 g/mol. The summed E-state index contributed by atoms with van der Waals surface area (Å²) in [6.45, 7) is 7.30. The highest BCUT2D eigenvalue weighted by Gasteiger charge is 2.36. The van der Waals surface area contributed by atoms with Crippen molar-refractivity contribution in [3.63, 3.8) is 0 Å². The molecular weight excluding hydrogens is 378 g/mol. The molecule has 30 heavy (non-hydrogen) atoms. The van der Waals surface area contributed by atoms with Gasteiger partial charge in [-0.05, 0) is 50.0 Å². The molecule has 2 atom stereocenters. The van der Waals surface area contributed by atoms with Crippen LogP contribution in [0.1, 0.15) is 43.7 Å². The largest absolute Gasteiger partial charge is 0.385 e. The summed E-state index contributed by atoms with van der Waals surface area (Å²) in [4.78, 5) is 26.0. The molecule has 0 saturated carbocycles. The number of piperazine rings is 1. The van der Waals surface area contributed by atoms with Crippen LogP contribution in [0.25, 0.3) is 0 Å². The molecule has 2 fully saturated rings. The van der Waals surface area contributed by atoms with Crippen LogP contribution in [0.2, 0.25) is 0 Å². The Labute approximate surface area is 178 Å². The first-order valence-corrected chi connectivity index (χ1v) is 11.1. The molecule has 0 bridgehead atoms. The van der Waals surface area contributed by atoms with E-state index in [9.17, 15) is 4.79 Å². The SMILES string of the molecule is CCCCNC1N=C(N)C2NC(=O)CN(Cc3ccc(CN4CCCC4)cc3)C2=N1. The van der Waals surface area contributed by atoms with Gasteiger partial charge in [-0.2, -0.15) is 0 Å². The maximum Gasteiger partial charge on any atom is 0.240 e. The van der Waals surface area contributed by atoms with Crippen LogP contribution >= 0.6 is 0 Å². The predicted octanol–water partition coefficient (Wildman–Crippen LogP) is 1.03. The second-order valence-electron chi connectivity index (χ2n) is 8.38. The van der Waals surface area contributed by atoms with Gasteiger partial charge in [0.05, 0.1) is 6.54 Å². The van der Waals surface area contributed by atoms with E-state index in [0.717, 1.165) is 37.3 Å². The van der Waals surface area contributed by atoms with Crippen LogP contribution in [0.4, 0.5) is 0 Å². The molecule has 162 valence electrons. The zero-order chi connectivity index (χ0) is 20.9. The molecular formula is C22H33N7O. The lowest BCUT2D eigenvalue weighted by molar-refractivity contribution is -0.122. The molecule has 2 saturated heterocycles. The Morgan fingerprint density at radius 1 is 1.13 bits per heavy atom. The van der Waals surface area contributed by atoms with Gasteiger partial charge < -0.3 is 16.0 Å². The molecule has 0 aromatic heterocycles. The number of carbonyl (C=O) groups excluding carboxylic acids is 1. The Bertz CT molecular complexity index is 798. The molecule has 8 nitrogen and oxygen atoms in total. The first-order valence-electron chi connectivity index (χ1n) is 11.1. The van der Waals surface area contributed by atoms with Crippen molar-refractivity contribution in [3.05, 3.63) is 35.4 Å². The van der Waals surface area contributed by atoms with Gasteiger partial charge in [-0.3, -0.25) is 15.0 Å². The molecule has 3 aliphatic heterocycles. The summed E-state index contributed by atoms with van der Waals surface area (Å²) in [5.41, 5.74) is 8.68. The van der Waals surface area contributed by atoms with Gasteiger partial charge in [-0.15, -0.1) is 0 Å². The number of nitrogens with one attached hydrogen (secondary N) is 2. The maximum absolute atomic E-state index is 12.3. The van der Waals surface area contributed by atoms with Crippen LogP contribution in [0.3, 0.4) is 0 Å². The highest BCUT2D eigenvalue weighted by Crippen LogP contribution is 2.17. The second-order valence-corrected chi connectivity index (χ2v) is 8.38. The molecule has 0 aliphatic carbocycles. The second kappa shape index (κ2) is 9.57. The highest BCUT2D eigenvalue weighted by atomic mass is 16.2. The summed E-state index contributed by atoms with van der Waals surface area (Å²) in [5.74, 6) is 1.14. The zero-order valence-corrected chi connectivity index (χ0v) is 17.8. The molecule has 3 heterocycles. The third kappa shape index (κ3) is 4.99. The molecule has 1 amide bonds. The standard InChI is InChI=1S/C22H33N7O/c1-2-3-10-24-22-26-20(23)19-21(27-22)29(15-18(30)25-19)14-17-8-6-16(7-9-17)13-28-11-4-5-12-28/h6-9,19,22,24H,2-5,10-15H2,1H3,(H2,23,26)(H,25,30). The maximum atomic E-state index is 12.3. The smallest absolute Gasteiger partial charge is 0.240 e. The van der Waals surface area contributed by atoms with E-state index in [2.05, 4.69) is 51.7 Å². The van der Waals surface area contributed by atoms with E-state index >= 15 is 0 Å². The fourth-order valence-corrected chi connectivity index (χ4v) is 4.25. The van der Waals surface area contributed by atoms with Crippen LogP contribution in [0, 0.1) is 0 Å². The highest BCUT2D eigenvalue weighted by molar-refractivity contribution is 6.14. The number of amides is 1. The summed E-state index contributed by atoms with van der Waals surface area (Å²) < 4.78 is 0. The Morgan fingerprint density at radius 3 is 2.53 bits per heavy atom. The van der Waals surface area contributed by atoms with E-state index in [1.165, 1.54) is 31.5 Å². The Kier molecular flexibility index (Phi) is 6.64. The summed E-state index contributed by atoms with van der Waals surface area (Å²) in [6, 6.07) is 8.27. The van der Waals surface area contributed by atoms with Crippen molar-refractivity contribution in [1.29, 1.82) is 0 Å². The Morgan fingerprint density at radius 2 is 1.83 bits per heavy atom. The van der Waals surface area contributed by atoms with Crippen LogP contribution in [-0.2, 0) is 17.9 Å². The van der Waals surface area contributed by atoms with Crippen molar-refractivity contribution in [2.24, 2.45) is 15.7 Å². The van der Waals surface area contributed by atoms with Crippen LogP contribution < -0.4 is 16.4 Å². The van der Waals surface area contributed by atoms with Gasteiger partial charge in [-0.1, -0.05) is 37.6 Å². The first-order chi connectivity index (χ1) is 14.6. The number of fused-ring (bicyclic) bond motifs is 1. The number of aliphatic imine (C=N–C) groups is 2. The third-order valence-electron chi connectivity index (χ3n) is 5.90. The lowest BCUT2D eigenvalue weighted by Gasteiger charge is -2.38. The van der Waals surface area contributed by atoms with Crippen LogP contribution in [0.15, 0.2) is 34.3 Å².